The lowest BCUT2D eigenvalue weighted by molar-refractivity contribution is -0.145. The molecular weight excluding hydrogens is 444 g/mol. The maximum Gasteiger partial charge on any atom is 0.410 e. The molecule has 1 aliphatic rings. The van der Waals surface area contributed by atoms with Crippen molar-refractivity contribution in [3.63, 3.8) is 0 Å². The summed E-state index contributed by atoms with van der Waals surface area (Å²) in [5.74, 6) is -1.64. The third kappa shape index (κ3) is 6.93. The fourth-order valence-electron chi connectivity index (χ4n) is 3.52. The first-order chi connectivity index (χ1) is 15.9. The van der Waals surface area contributed by atoms with Crippen molar-refractivity contribution in [3.05, 3.63) is 29.8 Å². The molecule has 1 aromatic rings. The van der Waals surface area contributed by atoms with Crippen LogP contribution in [0.3, 0.4) is 0 Å². The fourth-order valence-corrected chi connectivity index (χ4v) is 3.52. The summed E-state index contributed by atoms with van der Waals surface area (Å²) in [5, 5.41) is 0. The van der Waals surface area contributed by atoms with Gasteiger partial charge >= 0.3 is 12.1 Å². The standard InChI is InChI=1S/C24H34N2O8/c1-6-24(21(25)29,33-18-12-13-26(14-18)22(30)34-23(3,4)5)20(28)16-8-10-17(11-9-16)32-15-19(27)31-7-2/h8-11,18H,6-7,12-15H2,1-5H3,(H2,25,29). The average Bonchev–Trinajstić information content (AvgIpc) is 3.23. The van der Waals surface area contributed by atoms with Crippen molar-refractivity contribution in [2.75, 3.05) is 26.3 Å². The van der Waals surface area contributed by atoms with Gasteiger partial charge in [-0.1, -0.05) is 6.92 Å². The molecule has 0 bridgehead atoms. The zero-order chi connectivity index (χ0) is 25.5. The smallest absolute Gasteiger partial charge is 0.410 e. The molecule has 0 radical (unpaired) electrons. The molecule has 1 heterocycles. The van der Waals surface area contributed by atoms with Gasteiger partial charge in [0.2, 0.25) is 11.4 Å². The number of hydrogen-bond donors (Lipinski definition) is 1. The molecule has 10 heteroatoms. The number of amides is 2. The summed E-state index contributed by atoms with van der Waals surface area (Å²) in [6.07, 6.45) is -0.589. The highest BCUT2D eigenvalue weighted by molar-refractivity contribution is 6.16. The van der Waals surface area contributed by atoms with E-state index in [9.17, 15) is 19.2 Å². The largest absolute Gasteiger partial charge is 0.482 e. The molecule has 2 atom stereocenters. The van der Waals surface area contributed by atoms with Gasteiger partial charge in [-0.25, -0.2) is 9.59 Å². The van der Waals surface area contributed by atoms with Crippen molar-refractivity contribution in [1.82, 2.24) is 4.90 Å². The summed E-state index contributed by atoms with van der Waals surface area (Å²) in [4.78, 5) is 51.1. The van der Waals surface area contributed by atoms with Crippen LogP contribution in [-0.4, -0.2) is 72.3 Å². The number of primary amides is 1. The van der Waals surface area contributed by atoms with E-state index in [0.717, 1.165) is 0 Å². The molecule has 188 valence electrons. The molecule has 34 heavy (non-hydrogen) atoms. The number of benzene rings is 1. The van der Waals surface area contributed by atoms with Crippen LogP contribution in [0.4, 0.5) is 4.79 Å². The summed E-state index contributed by atoms with van der Waals surface area (Å²) in [5.41, 5.74) is 3.32. The van der Waals surface area contributed by atoms with Gasteiger partial charge in [0.15, 0.2) is 6.61 Å². The first kappa shape index (κ1) is 27.1. The van der Waals surface area contributed by atoms with Gasteiger partial charge in [-0.05, 0) is 64.8 Å². The van der Waals surface area contributed by atoms with E-state index in [4.69, 9.17) is 24.7 Å². The Labute approximate surface area is 199 Å². The second kappa shape index (κ2) is 11.3. The number of carbonyl (C=O) groups excluding carboxylic acids is 4. The zero-order valence-electron chi connectivity index (χ0n) is 20.4. The minimum atomic E-state index is -1.89. The van der Waals surface area contributed by atoms with Crippen LogP contribution < -0.4 is 10.5 Å². The van der Waals surface area contributed by atoms with Crippen LogP contribution in [0.15, 0.2) is 24.3 Å². The molecule has 10 nitrogen and oxygen atoms in total. The molecule has 1 fully saturated rings. The van der Waals surface area contributed by atoms with Crippen molar-refractivity contribution >= 4 is 23.8 Å². The number of carbonyl (C=O) groups is 4. The minimum absolute atomic E-state index is 0.0191. The predicted octanol–water partition coefficient (Wildman–Crippen LogP) is 2.47. The number of nitrogens with zero attached hydrogens (tertiary/aromatic N) is 1. The molecule has 0 aromatic heterocycles. The van der Waals surface area contributed by atoms with Crippen LogP contribution >= 0.6 is 0 Å². The maximum atomic E-state index is 13.3. The van der Waals surface area contributed by atoms with Gasteiger partial charge in [0.05, 0.1) is 19.3 Å². The molecule has 1 aromatic carbocycles. The van der Waals surface area contributed by atoms with Crippen molar-refractivity contribution in [1.29, 1.82) is 0 Å². The number of hydrogen-bond acceptors (Lipinski definition) is 8. The maximum absolute atomic E-state index is 13.3. The Kier molecular flexibility index (Phi) is 9.03. The Morgan fingerprint density at radius 2 is 1.74 bits per heavy atom. The lowest BCUT2D eigenvalue weighted by Gasteiger charge is -2.31. The fraction of sp³-hybridized carbons (Fsp3) is 0.583. The second-order valence-corrected chi connectivity index (χ2v) is 8.95. The summed E-state index contributed by atoms with van der Waals surface area (Å²) < 4.78 is 21.5. The zero-order valence-corrected chi connectivity index (χ0v) is 20.4. The lowest BCUT2D eigenvalue weighted by atomic mass is 9.89. The van der Waals surface area contributed by atoms with Gasteiger partial charge in [-0.15, -0.1) is 0 Å². The molecule has 0 aliphatic carbocycles. The van der Waals surface area contributed by atoms with E-state index in [1.165, 1.54) is 29.2 Å². The first-order valence-electron chi connectivity index (χ1n) is 11.3. The van der Waals surface area contributed by atoms with Crippen molar-refractivity contribution in [2.24, 2.45) is 5.73 Å². The molecule has 0 spiro atoms. The number of likely N-dealkylation sites (tertiary alicyclic amines) is 1. The number of rotatable bonds is 10. The Morgan fingerprint density at radius 1 is 1.09 bits per heavy atom. The van der Waals surface area contributed by atoms with Crippen LogP contribution in [0.1, 0.15) is 57.8 Å². The third-order valence-corrected chi connectivity index (χ3v) is 5.21. The molecule has 0 saturated carbocycles. The van der Waals surface area contributed by atoms with E-state index in [0.29, 0.717) is 18.7 Å². The Morgan fingerprint density at radius 3 is 2.26 bits per heavy atom. The quantitative estimate of drug-likeness (QED) is 0.308. The minimum Gasteiger partial charge on any atom is -0.482 e. The highest BCUT2D eigenvalue weighted by Gasteiger charge is 2.47. The summed E-state index contributed by atoms with van der Waals surface area (Å²) in [7, 11) is 0. The Hall–Kier alpha value is -3.14. The van der Waals surface area contributed by atoms with Crippen LogP contribution in [0.25, 0.3) is 0 Å². The topological polar surface area (TPSA) is 134 Å². The molecule has 1 saturated heterocycles. The molecule has 2 rings (SSSR count). The van der Waals surface area contributed by atoms with E-state index in [2.05, 4.69) is 0 Å². The number of esters is 1. The molecule has 2 unspecified atom stereocenters. The molecular formula is C24H34N2O8. The first-order valence-corrected chi connectivity index (χ1v) is 11.3. The number of Topliss-reactive ketones (excluding diaryl/α,β-unsaturated/α-hetero) is 1. The third-order valence-electron chi connectivity index (χ3n) is 5.21. The number of nitrogens with two attached hydrogens (primary N) is 1. The Balaban J connectivity index is 2.11. The number of ether oxygens (including phenoxy) is 4. The van der Waals surface area contributed by atoms with E-state index in [1.54, 1.807) is 34.6 Å². The highest BCUT2D eigenvalue weighted by Crippen LogP contribution is 2.28. The summed E-state index contributed by atoms with van der Waals surface area (Å²) in [6, 6.07) is 5.96. The van der Waals surface area contributed by atoms with Gasteiger partial charge in [-0.2, -0.15) is 0 Å². The van der Waals surface area contributed by atoms with Crippen molar-refractivity contribution in [3.8, 4) is 5.75 Å². The molecule has 2 amide bonds. The monoisotopic (exact) mass is 478 g/mol. The Bertz CT molecular complexity index is 893. The van der Waals surface area contributed by atoms with Gasteiger partial charge in [0.25, 0.3) is 5.91 Å². The summed E-state index contributed by atoms with van der Waals surface area (Å²) >= 11 is 0. The van der Waals surface area contributed by atoms with E-state index in [1.807, 2.05) is 0 Å². The van der Waals surface area contributed by atoms with Crippen molar-refractivity contribution < 1.29 is 38.1 Å². The number of ketones is 1. The van der Waals surface area contributed by atoms with E-state index >= 15 is 0 Å². The van der Waals surface area contributed by atoms with E-state index < -0.39 is 41.1 Å². The van der Waals surface area contributed by atoms with Crippen LogP contribution in [0.2, 0.25) is 0 Å². The van der Waals surface area contributed by atoms with E-state index in [-0.39, 0.29) is 31.7 Å². The SMILES string of the molecule is CCOC(=O)COc1ccc(C(=O)C(CC)(OC2CCN(C(=O)OC(C)(C)C)C2)C(N)=O)cc1. The van der Waals surface area contributed by atoms with Crippen molar-refractivity contribution in [2.45, 2.75) is 64.8 Å². The van der Waals surface area contributed by atoms with Gasteiger partial charge in [0, 0.05) is 12.1 Å². The van der Waals surface area contributed by atoms with Gasteiger partial charge in [0.1, 0.15) is 11.4 Å². The van der Waals surface area contributed by atoms with Gasteiger partial charge < -0.3 is 29.6 Å². The lowest BCUT2D eigenvalue weighted by Crippen LogP contribution is -2.54. The summed E-state index contributed by atoms with van der Waals surface area (Å²) in [6.45, 7) is 9.19. The van der Waals surface area contributed by atoms with Crippen LogP contribution in [0.5, 0.6) is 5.75 Å². The average molecular weight is 479 g/mol. The highest BCUT2D eigenvalue weighted by atomic mass is 16.6. The van der Waals surface area contributed by atoms with Crippen LogP contribution in [0, 0.1) is 0 Å². The second-order valence-electron chi connectivity index (χ2n) is 8.95. The molecule has 2 N–H and O–H groups in total. The predicted molar refractivity (Wildman–Crippen MR) is 122 cm³/mol. The molecule has 1 aliphatic heterocycles. The normalized spacial score (nSPS) is 17.6. The van der Waals surface area contributed by atoms with Crippen LogP contribution in [-0.2, 0) is 23.8 Å². The van der Waals surface area contributed by atoms with Gasteiger partial charge in [-0.3, -0.25) is 9.59 Å².